The zero-order chi connectivity index (χ0) is 15.7. The summed E-state index contributed by atoms with van der Waals surface area (Å²) >= 11 is 0. The van der Waals surface area contributed by atoms with Gasteiger partial charge in [0.05, 0.1) is 11.2 Å². The van der Waals surface area contributed by atoms with E-state index in [4.69, 9.17) is 9.31 Å². The Morgan fingerprint density at radius 3 is 2.43 bits per heavy atom. The molecule has 2 rings (SSSR count). The van der Waals surface area contributed by atoms with Gasteiger partial charge in [0.1, 0.15) is 0 Å². The SMILES string of the molecule is CNCC(=Cc1ccnc(C)c1)B1OC(C)(C)C(C)(C)O1. The first-order chi connectivity index (χ1) is 9.75. The molecule has 1 aromatic heterocycles. The van der Waals surface area contributed by atoms with Crippen molar-refractivity contribution in [3.05, 3.63) is 35.1 Å². The summed E-state index contributed by atoms with van der Waals surface area (Å²) in [5.74, 6) is 0. The predicted molar refractivity (Wildman–Crippen MR) is 87.0 cm³/mol. The Hall–Kier alpha value is -1.17. The summed E-state index contributed by atoms with van der Waals surface area (Å²) in [7, 11) is 1.60. The fraction of sp³-hybridized carbons (Fsp3) is 0.562. The number of hydrogen-bond acceptors (Lipinski definition) is 4. The molecule has 21 heavy (non-hydrogen) atoms. The second-order valence-electron chi connectivity index (χ2n) is 6.57. The van der Waals surface area contributed by atoms with E-state index in [9.17, 15) is 0 Å². The lowest BCUT2D eigenvalue weighted by Crippen LogP contribution is -2.41. The molecular weight excluding hydrogens is 263 g/mol. The van der Waals surface area contributed by atoms with Crippen LogP contribution in [0.4, 0.5) is 0 Å². The average Bonchev–Trinajstić information content (AvgIpc) is 2.58. The number of rotatable bonds is 4. The molecule has 1 saturated heterocycles. The van der Waals surface area contributed by atoms with E-state index in [2.05, 4.69) is 50.1 Å². The molecule has 0 amide bonds. The zero-order valence-electron chi connectivity index (χ0n) is 13.9. The van der Waals surface area contributed by atoms with E-state index in [1.54, 1.807) is 0 Å². The molecule has 0 spiro atoms. The summed E-state index contributed by atoms with van der Waals surface area (Å²) < 4.78 is 12.3. The Balaban J connectivity index is 2.28. The van der Waals surface area contributed by atoms with E-state index in [1.165, 1.54) is 0 Å². The maximum absolute atomic E-state index is 6.14. The van der Waals surface area contributed by atoms with Crippen molar-refractivity contribution in [2.75, 3.05) is 13.6 Å². The predicted octanol–water partition coefficient (Wildman–Crippen LogP) is 2.62. The van der Waals surface area contributed by atoms with E-state index >= 15 is 0 Å². The van der Waals surface area contributed by atoms with Crippen molar-refractivity contribution < 1.29 is 9.31 Å². The minimum Gasteiger partial charge on any atom is -0.400 e. The highest BCUT2D eigenvalue weighted by molar-refractivity contribution is 6.55. The molecule has 0 saturated carbocycles. The van der Waals surface area contributed by atoms with E-state index in [0.29, 0.717) is 0 Å². The number of hydrogen-bond donors (Lipinski definition) is 1. The second-order valence-corrected chi connectivity index (χ2v) is 6.57. The van der Waals surface area contributed by atoms with Gasteiger partial charge in [0.25, 0.3) is 0 Å². The van der Waals surface area contributed by atoms with Gasteiger partial charge >= 0.3 is 7.12 Å². The molecule has 1 fully saturated rings. The van der Waals surface area contributed by atoms with Crippen molar-refractivity contribution >= 4 is 13.2 Å². The van der Waals surface area contributed by atoms with Crippen LogP contribution in [0.2, 0.25) is 0 Å². The maximum atomic E-state index is 6.14. The Bertz CT molecular complexity index is 525. The highest BCUT2D eigenvalue weighted by Crippen LogP contribution is 2.38. The molecule has 0 radical (unpaired) electrons. The van der Waals surface area contributed by atoms with Crippen LogP contribution < -0.4 is 5.32 Å². The van der Waals surface area contributed by atoms with E-state index in [0.717, 1.165) is 23.3 Å². The van der Waals surface area contributed by atoms with Crippen LogP contribution in [0.25, 0.3) is 6.08 Å². The molecule has 5 heteroatoms. The van der Waals surface area contributed by atoms with Gasteiger partial charge in [-0.2, -0.15) is 0 Å². The van der Waals surface area contributed by atoms with Crippen LogP contribution >= 0.6 is 0 Å². The molecule has 0 bridgehead atoms. The molecule has 0 aromatic carbocycles. The van der Waals surface area contributed by atoms with Gasteiger partial charge in [-0.1, -0.05) is 6.08 Å². The van der Waals surface area contributed by atoms with Crippen LogP contribution in [0.15, 0.2) is 23.8 Å². The summed E-state index contributed by atoms with van der Waals surface area (Å²) in [4.78, 5) is 4.23. The number of nitrogens with one attached hydrogen (secondary N) is 1. The van der Waals surface area contributed by atoms with Crippen molar-refractivity contribution in [2.45, 2.75) is 45.8 Å². The summed E-state index contributed by atoms with van der Waals surface area (Å²) in [6, 6.07) is 4.05. The largest absolute Gasteiger partial charge is 0.491 e. The molecular formula is C16H25BN2O2. The fourth-order valence-electron chi connectivity index (χ4n) is 2.27. The Morgan fingerprint density at radius 1 is 1.29 bits per heavy atom. The third kappa shape index (κ3) is 3.54. The summed E-state index contributed by atoms with van der Waals surface area (Å²) in [6.45, 7) is 11.0. The lowest BCUT2D eigenvalue weighted by molar-refractivity contribution is 0.00578. The summed E-state index contributed by atoms with van der Waals surface area (Å²) in [6.07, 6.45) is 3.94. The highest BCUT2D eigenvalue weighted by Gasteiger charge is 2.52. The van der Waals surface area contributed by atoms with Gasteiger partial charge in [-0.25, -0.2) is 0 Å². The number of pyridine rings is 1. The monoisotopic (exact) mass is 288 g/mol. The standard InChI is InChI=1S/C16H25BN2O2/c1-12-9-13(7-8-19-12)10-14(11-18-6)17-20-15(2,3)16(4,5)21-17/h7-10,18H,11H2,1-6H3. The zero-order valence-corrected chi connectivity index (χ0v) is 13.9. The van der Waals surface area contributed by atoms with Crippen LogP contribution in [0.3, 0.4) is 0 Å². The molecule has 0 aliphatic carbocycles. The van der Waals surface area contributed by atoms with Crippen LogP contribution in [-0.2, 0) is 9.31 Å². The van der Waals surface area contributed by atoms with Gasteiger partial charge in [0.2, 0.25) is 0 Å². The van der Waals surface area contributed by atoms with Crippen LogP contribution in [0.5, 0.6) is 0 Å². The topological polar surface area (TPSA) is 43.4 Å². The lowest BCUT2D eigenvalue weighted by atomic mass is 9.77. The number of likely N-dealkylation sites (N-methyl/N-ethyl adjacent to an activating group) is 1. The molecule has 1 aromatic rings. The maximum Gasteiger partial charge on any atom is 0.491 e. The van der Waals surface area contributed by atoms with Crippen LogP contribution in [-0.4, -0.2) is 36.9 Å². The van der Waals surface area contributed by atoms with Crippen molar-refractivity contribution in [2.24, 2.45) is 0 Å². The van der Waals surface area contributed by atoms with Gasteiger partial charge in [0.15, 0.2) is 0 Å². The molecule has 0 atom stereocenters. The van der Waals surface area contributed by atoms with Crippen molar-refractivity contribution in [3.8, 4) is 0 Å². The Morgan fingerprint density at radius 2 is 1.90 bits per heavy atom. The van der Waals surface area contributed by atoms with Crippen LogP contribution in [0.1, 0.15) is 39.0 Å². The van der Waals surface area contributed by atoms with Crippen molar-refractivity contribution in [1.82, 2.24) is 10.3 Å². The third-order valence-electron chi connectivity index (χ3n) is 4.21. The van der Waals surface area contributed by atoms with E-state index in [-0.39, 0.29) is 18.3 Å². The van der Waals surface area contributed by atoms with E-state index < -0.39 is 0 Å². The molecule has 1 aliphatic rings. The van der Waals surface area contributed by atoms with Gasteiger partial charge in [0, 0.05) is 18.4 Å². The number of nitrogens with zero attached hydrogens (tertiary/aromatic N) is 1. The normalized spacial score (nSPS) is 20.9. The summed E-state index contributed by atoms with van der Waals surface area (Å²) in [5.41, 5.74) is 2.56. The second kappa shape index (κ2) is 5.91. The Labute approximate surface area is 128 Å². The number of aromatic nitrogens is 1. The van der Waals surface area contributed by atoms with Gasteiger partial charge < -0.3 is 14.6 Å². The molecule has 114 valence electrons. The smallest absolute Gasteiger partial charge is 0.400 e. The highest BCUT2D eigenvalue weighted by atomic mass is 16.7. The van der Waals surface area contributed by atoms with Crippen molar-refractivity contribution in [3.63, 3.8) is 0 Å². The number of aryl methyl sites for hydroxylation is 1. The molecule has 2 heterocycles. The fourth-order valence-corrected chi connectivity index (χ4v) is 2.27. The quantitative estimate of drug-likeness (QED) is 0.865. The first-order valence-electron chi connectivity index (χ1n) is 7.38. The molecule has 1 aliphatic heterocycles. The minimum atomic E-state index is -0.323. The van der Waals surface area contributed by atoms with E-state index in [1.807, 2.05) is 26.2 Å². The van der Waals surface area contributed by atoms with Crippen molar-refractivity contribution in [1.29, 1.82) is 0 Å². The van der Waals surface area contributed by atoms with Gasteiger partial charge in [-0.05, 0) is 64.8 Å². The van der Waals surface area contributed by atoms with Crippen LogP contribution in [0, 0.1) is 6.92 Å². The summed E-state index contributed by atoms with van der Waals surface area (Å²) in [5, 5.41) is 3.19. The first-order valence-corrected chi connectivity index (χ1v) is 7.38. The lowest BCUT2D eigenvalue weighted by Gasteiger charge is -2.32. The third-order valence-corrected chi connectivity index (χ3v) is 4.21. The van der Waals surface area contributed by atoms with Gasteiger partial charge in [-0.15, -0.1) is 0 Å². The average molecular weight is 288 g/mol. The molecule has 0 unspecified atom stereocenters. The molecule has 1 N–H and O–H groups in total. The minimum absolute atomic E-state index is 0.321. The first kappa shape index (κ1) is 16.2. The Kier molecular flexibility index (Phi) is 4.56. The molecule has 4 nitrogen and oxygen atoms in total. The van der Waals surface area contributed by atoms with Gasteiger partial charge in [-0.3, -0.25) is 4.98 Å².